The Kier molecular flexibility index (Phi) is 4.17. The number of nitrogens with zero attached hydrogens (tertiary/aromatic N) is 2. The monoisotopic (exact) mass is 315 g/mol. The molecular formula is C20H17N3O. The van der Waals surface area contributed by atoms with Gasteiger partial charge in [-0.25, -0.2) is 0 Å². The zero-order chi connectivity index (χ0) is 17.1. The third-order valence-electron chi connectivity index (χ3n) is 3.94. The quantitative estimate of drug-likeness (QED) is 0.592. The molecule has 118 valence electrons. The van der Waals surface area contributed by atoms with Crippen molar-refractivity contribution < 1.29 is 4.79 Å². The van der Waals surface area contributed by atoms with E-state index in [1.54, 1.807) is 6.08 Å². The lowest BCUT2D eigenvalue weighted by molar-refractivity contribution is -0.114. The van der Waals surface area contributed by atoms with Gasteiger partial charge in [0.2, 0.25) is 0 Å². The number of nitriles is 1. The van der Waals surface area contributed by atoms with E-state index < -0.39 is 5.91 Å². The van der Waals surface area contributed by atoms with Gasteiger partial charge in [-0.2, -0.15) is 5.26 Å². The second kappa shape index (κ2) is 6.43. The van der Waals surface area contributed by atoms with Gasteiger partial charge in [0.05, 0.1) is 0 Å². The van der Waals surface area contributed by atoms with Crippen LogP contribution in [0, 0.1) is 18.3 Å². The fourth-order valence-corrected chi connectivity index (χ4v) is 2.84. The highest BCUT2D eigenvalue weighted by Gasteiger charge is 2.10. The number of carbonyl (C=O) groups is 1. The van der Waals surface area contributed by atoms with Crippen LogP contribution >= 0.6 is 0 Å². The highest BCUT2D eigenvalue weighted by Crippen LogP contribution is 2.24. The number of nitrogens with two attached hydrogens (primary N) is 1. The van der Waals surface area contributed by atoms with Crippen LogP contribution in [-0.4, -0.2) is 10.5 Å². The first-order chi connectivity index (χ1) is 11.6. The SMILES string of the molecule is Cc1cccc(Cn2cc(/C=C(\C#N)C(N)=O)c3ccccc32)c1. The van der Waals surface area contributed by atoms with Crippen molar-refractivity contribution in [2.75, 3.05) is 0 Å². The molecule has 3 rings (SSSR count). The van der Waals surface area contributed by atoms with E-state index in [4.69, 9.17) is 11.0 Å². The van der Waals surface area contributed by atoms with Gasteiger partial charge >= 0.3 is 0 Å². The molecule has 3 aromatic rings. The molecule has 0 radical (unpaired) electrons. The molecule has 0 aliphatic carbocycles. The third-order valence-corrected chi connectivity index (χ3v) is 3.94. The molecule has 4 nitrogen and oxygen atoms in total. The summed E-state index contributed by atoms with van der Waals surface area (Å²) in [4.78, 5) is 11.3. The molecule has 2 aromatic carbocycles. The Balaban J connectivity index is 2.10. The van der Waals surface area contributed by atoms with Crippen molar-refractivity contribution in [2.24, 2.45) is 5.73 Å². The summed E-state index contributed by atoms with van der Waals surface area (Å²) in [5.74, 6) is -0.715. The largest absolute Gasteiger partial charge is 0.365 e. The maximum absolute atomic E-state index is 11.3. The standard InChI is InChI=1S/C20H17N3O/c1-14-5-4-6-15(9-14)12-23-13-17(10-16(11-21)20(22)24)18-7-2-3-8-19(18)23/h2-10,13H,12H2,1H3,(H2,22,24)/b16-10+. The molecule has 0 saturated carbocycles. The summed E-state index contributed by atoms with van der Waals surface area (Å²) in [5.41, 5.74) is 9.47. The Morgan fingerprint density at radius 1 is 1.25 bits per heavy atom. The molecule has 1 aromatic heterocycles. The lowest BCUT2D eigenvalue weighted by atomic mass is 10.1. The van der Waals surface area contributed by atoms with Crippen LogP contribution < -0.4 is 5.73 Å². The van der Waals surface area contributed by atoms with Crippen molar-refractivity contribution in [3.63, 3.8) is 0 Å². The fourth-order valence-electron chi connectivity index (χ4n) is 2.84. The van der Waals surface area contributed by atoms with Crippen molar-refractivity contribution >= 4 is 22.9 Å². The van der Waals surface area contributed by atoms with E-state index in [1.165, 1.54) is 11.1 Å². The van der Waals surface area contributed by atoms with E-state index in [9.17, 15) is 4.79 Å². The van der Waals surface area contributed by atoms with Crippen LogP contribution in [0.2, 0.25) is 0 Å². The zero-order valence-corrected chi connectivity index (χ0v) is 13.4. The minimum absolute atomic E-state index is 0.0477. The molecule has 0 bridgehead atoms. The van der Waals surface area contributed by atoms with Crippen LogP contribution in [0.5, 0.6) is 0 Å². The summed E-state index contributed by atoms with van der Waals surface area (Å²) in [7, 11) is 0. The zero-order valence-electron chi connectivity index (χ0n) is 13.4. The van der Waals surface area contributed by atoms with Gasteiger partial charge in [-0.15, -0.1) is 0 Å². The summed E-state index contributed by atoms with van der Waals surface area (Å²) in [6.07, 6.45) is 3.50. The summed E-state index contributed by atoms with van der Waals surface area (Å²) >= 11 is 0. The van der Waals surface area contributed by atoms with Gasteiger partial charge in [-0.1, -0.05) is 48.0 Å². The van der Waals surface area contributed by atoms with Crippen LogP contribution in [0.15, 0.2) is 60.3 Å². The number of para-hydroxylation sites is 1. The van der Waals surface area contributed by atoms with Crippen molar-refractivity contribution in [3.05, 3.63) is 77.0 Å². The number of hydrogen-bond donors (Lipinski definition) is 1. The number of aryl methyl sites for hydroxylation is 1. The maximum Gasteiger partial charge on any atom is 0.259 e. The molecule has 1 heterocycles. The molecular weight excluding hydrogens is 298 g/mol. The number of rotatable bonds is 4. The van der Waals surface area contributed by atoms with Crippen LogP contribution in [0.3, 0.4) is 0 Å². The Morgan fingerprint density at radius 3 is 2.75 bits per heavy atom. The van der Waals surface area contributed by atoms with Crippen LogP contribution in [-0.2, 0) is 11.3 Å². The number of aromatic nitrogens is 1. The average Bonchev–Trinajstić information content (AvgIpc) is 2.90. The topological polar surface area (TPSA) is 71.8 Å². The minimum atomic E-state index is -0.715. The number of primary amides is 1. The summed E-state index contributed by atoms with van der Waals surface area (Å²) in [5, 5.41) is 10.1. The number of amides is 1. The van der Waals surface area contributed by atoms with Crippen LogP contribution in [0.25, 0.3) is 17.0 Å². The molecule has 0 fully saturated rings. The Hall–Kier alpha value is -3.32. The molecule has 1 amide bonds. The predicted molar refractivity (Wildman–Crippen MR) is 95.0 cm³/mol. The minimum Gasteiger partial charge on any atom is -0.365 e. The van der Waals surface area contributed by atoms with Gasteiger partial charge in [0, 0.05) is 29.2 Å². The van der Waals surface area contributed by atoms with Gasteiger partial charge in [0.1, 0.15) is 11.6 Å². The molecule has 0 aliphatic rings. The molecule has 2 N–H and O–H groups in total. The second-order valence-corrected chi connectivity index (χ2v) is 5.75. The molecule has 0 aliphatic heterocycles. The van der Waals surface area contributed by atoms with E-state index in [0.717, 1.165) is 16.5 Å². The average molecular weight is 315 g/mol. The highest BCUT2D eigenvalue weighted by atomic mass is 16.1. The van der Waals surface area contributed by atoms with E-state index in [0.29, 0.717) is 6.54 Å². The second-order valence-electron chi connectivity index (χ2n) is 5.75. The number of carbonyl (C=O) groups excluding carboxylic acids is 1. The molecule has 0 spiro atoms. The Morgan fingerprint density at radius 2 is 2.04 bits per heavy atom. The first-order valence-corrected chi connectivity index (χ1v) is 7.63. The van der Waals surface area contributed by atoms with E-state index in [2.05, 4.69) is 29.7 Å². The fraction of sp³-hybridized carbons (Fsp3) is 0.100. The summed E-state index contributed by atoms with van der Waals surface area (Å²) in [6, 6.07) is 18.1. The smallest absolute Gasteiger partial charge is 0.259 e. The third kappa shape index (κ3) is 3.06. The molecule has 24 heavy (non-hydrogen) atoms. The van der Waals surface area contributed by atoms with Crippen molar-refractivity contribution in [2.45, 2.75) is 13.5 Å². The van der Waals surface area contributed by atoms with Crippen molar-refractivity contribution in [3.8, 4) is 6.07 Å². The number of hydrogen-bond acceptors (Lipinski definition) is 2. The van der Waals surface area contributed by atoms with E-state index in [-0.39, 0.29) is 5.57 Å². The molecule has 4 heteroatoms. The Labute approximate surface area is 140 Å². The van der Waals surface area contributed by atoms with Crippen molar-refractivity contribution in [1.82, 2.24) is 4.57 Å². The molecule has 0 atom stereocenters. The van der Waals surface area contributed by atoms with Gasteiger partial charge in [-0.3, -0.25) is 4.79 Å². The van der Waals surface area contributed by atoms with Crippen LogP contribution in [0.4, 0.5) is 0 Å². The Bertz CT molecular complexity index is 990. The maximum atomic E-state index is 11.3. The first kappa shape index (κ1) is 15.6. The lowest BCUT2D eigenvalue weighted by Crippen LogP contribution is -2.12. The number of fused-ring (bicyclic) bond motifs is 1. The van der Waals surface area contributed by atoms with E-state index >= 15 is 0 Å². The molecule has 0 saturated heterocycles. The first-order valence-electron chi connectivity index (χ1n) is 7.63. The summed E-state index contributed by atoms with van der Waals surface area (Å²) in [6.45, 7) is 2.78. The highest BCUT2D eigenvalue weighted by molar-refractivity contribution is 6.03. The van der Waals surface area contributed by atoms with E-state index in [1.807, 2.05) is 42.6 Å². The van der Waals surface area contributed by atoms with Gasteiger partial charge < -0.3 is 10.3 Å². The molecule has 0 unspecified atom stereocenters. The van der Waals surface area contributed by atoms with Crippen molar-refractivity contribution in [1.29, 1.82) is 5.26 Å². The lowest BCUT2D eigenvalue weighted by Gasteiger charge is -2.06. The van der Waals surface area contributed by atoms with Gasteiger partial charge in [0.25, 0.3) is 5.91 Å². The van der Waals surface area contributed by atoms with Crippen LogP contribution in [0.1, 0.15) is 16.7 Å². The van der Waals surface area contributed by atoms with Gasteiger partial charge in [0.15, 0.2) is 0 Å². The predicted octanol–water partition coefficient (Wildman–Crippen LogP) is 3.39. The normalized spacial score (nSPS) is 11.4. The summed E-state index contributed by atoms with van der Waals surface area (Å²) < 4.78 is 2.12. The van der Waals surface area contributed by atoms with Gasteiger partial charge in [-0.05, 0) is 24.6 Å². The number of benzene rings is 2.